The van der Waals surface area contributed by atoms with E-state index in [1.807, 2.05) is 12.1 Å². The van der Waals surface area contributed by atoms with Crippen LogP contribution < -0.4 is 10.2 Å². The molecule has 4 heteroatoms. The number of carbonyl (C=O) groups is 1. The highest BCUT2D eigenvalue weighted by molar-refractivity contribution is 6.01. The molecule has 4 nitrogen and oxygen atoms in total. The van der Waals surface area contributed by atoms with Crippen LogP contribution in [-0.2, 0) is 4.79 Å². The smallest absolute Gasteiger partial charge is 0.261 e. The van der Waals surface area contributed by atoms with E-state index < -0.39 is 0 Å². The molecule has 1 atom stereocenters. The van der Waals surface area contributed by atoms with Crippen molar-refractivity contribution in [2.45, 2.75) is 45.6 Å². The van der Waals surface area contributed by atoms with Gasteiger partial charge in [-0.3, -0.25) is 4.79 Å². The van der Waals surface area contributed by atoms with E-state index in [2.05, 4.69) is 50.0 Å². The maximum Gasteiger partial charge on any atom is 0.261 e. The fraction of sp³-hybridized carbons (Fsp3) is 0.474. The summed E-state index contributed by atoms with van der Waals surface area (Å²) in [5, 5.41) is 11.6. The topological polar surface area (TPSA) is 56.1 Å². The molecule has 1 aliphatic rings. The average molecular weight is 311 g/mol. The second-order valence-corrected chi connectivity index (χ2v) is 6.73. The van der Waals surface area contributed by atoms with E-state index in [9.17, 15) is 4.79 Å². The van der Waals surface area contributed by atoms with Crippen LogP contribution in [0.3, 0.4) is 0 Å². The fourth-order valence-electron chi connectivity index (χ4n) is 3.65. The van der Waals surface area contributed by atoms with Crippen molar-refractivity contribution in [3.05, 3.63) is 34.9 Å². The number of carbonyl (C=O) groups excluding carboxylic acids is 1. The summed E-state index contributed by atoms with van der Waals surface area (Å²) in [4.78, 5) is 14.1. The van der Waals surface area contributed by atoms with Gasteiger partial charge >= 0.3 is 0 Å². The predicted octanol–water partition coefficient (Wildman–Crippen LogP) is 3.45. The van der Waals surface area contributed by atoms with Crippen molar-refractivity contribution < 1.29 is 4.79 Å². The molecule has 0 spiro atoms. The lowest BCUT2D eigenvalue weighted by Gasteiger charge is -2.47. The molecule has 1 N–H and O–H groups in total. The minimum Gasteiger partial charge on any atom is -0.366 e. The quantitative estimate of drug-likeness (QED) is 0.687. The number of hydrogen-bond donors (Lipinski definition) is 1. The van der Waals surface area contributed by atoms with Gasteiger partial charge in [0, 0.05) is 24.8 Å². The maximum atomic E-state index is 11.7. The molecule has 1 aliphatic heterocycles. The summed E-state index contributed by atoms with van der Waals surface area (Å²) >= 11 is 0. The zero-order valence-corrected chi connectivity index (χ0v) is 14.6. The third kappa shape index (κ3) is 3.24. The molecule has 0 radical (unpaired) electrons. The van der Waals surface area contributed by atoms with Crippen LogP contribution in [0.25, 0.3) is 6.08 Å². The van der Waals surface area contributed by atoms with Crippen LogP contribution in [0.5, 0.6) is 0 Å². The summed E-state index contributed by atoms with van der Waals surface area (Å²) in [6.45, 7) is 9.94. The largest absolute Gasteiger partial charge is 0.366 e. The van der Waals surface area contributed by atoms with Gasteiger partial charge in [-0.25, -0.2) is 0 Å². The lowest BCUT2D eigenvalue weighted by molar-refractivity contribution is -0.116. The summed E-state index contributed by atoms with van der Waals surface area (Å²) in [6, 6.07) is 8.17. The number of nitrogens with zero attached hydrogens (tertiary/aromatic N) is 2. The van der Waals surface area contributed by atoms with Crippen molar-refractivity contribution in [1.82, 2.24) is 5.32 Å². The van der Waals surface area contributed by atoms with Crippen molar-refractivity contribution in [2.24, 2.45) is 0 Å². The van der Waals surface area contributed by atoms with Crippen LogP contribution in [0.1, 0.15) is 51.2 Å². The zero-order chi connectivity index (χ0) is 17.2. The van der Waals surface area contributed by atoms with E-state index in [-0.39, 0.29) is 17.0 Å². The Bertz CT molecular complexity index is 682. The Morgan fingerprint density at radius 3 is 2.78 bits per heavy atom. The molecule has 1 aromatic rings. The first-order chi connectivity index (χ1) is 10.8. The Balaban J connectivity index is 2.48. The molecule has 2 rings (SSSR count). The van der Waals surface area contributed by atoms with Gasteiger partial charge in [-0.05, 0) is 62.4 Å². The second kappa shape index (κ2) is 6.45. The first kappa shape index (κ1) is 17.1. The molecular weight excluding hydrogens is 286 g/mol. The maximum absolute atomic E-state index is 11.7. The Kier molecular flexibility index (Phi) is 4.79. The van der Waals surface area contributed by atoms with Crippen molar-refractivity contribution >= 4 is 17.7 Å². The standard InChI is InChI=1S/C19H25N3O/c1-6-22-17-8-7-14(9-15(12-20)18(23)21-5)10-16(17)13(2)11-19(22,3)4/h7-10,13H,6,11H2,1-5H3,(H,21,23)/b15-9+. The number of likely N-dealkylation sites (N-methyl/N-ethyl adjacent to an activating group) is 1. The van der Waals surface area contributed by atoms with E-state index >= 15 is 0 Å². The summed E-state index contributed by atoms with van der Waals surface area (Å²) in [6.07, 6.45) is 2.74. The second-order valence-electron chi connectivity index (χ2n) is 6.73. The van der Waals surface area contributed by atoms with Crippen molar-refractivity contribution in [2.75, 3.05) is 18.5 Å². The Morgan fingerprint density at radius 1 is 1.52 bits per heavy atom. The Hall–Kier alpha value is -2.28. The highest BCUT2D eigenvalue weighted by atomic mass is 16.1. The summed E-state index contributed by atoms with van der Waals surface area (Å²) in [7, 11) is 1.53. The molecule has 0 saturated carbocycles. The molecule has 0 aliphatic carbocycles. The first-order valence-corrected chi connectivity index (χ1v) is 8.09. The van der Waals surface area contributed by atoms with E-state index in [0.717, 1.165) is 18.5 Å². The zero-order valence-electron chi connectivity index (χ0n) is 14.6. The van der Waals surface area contributed by atoms with Crippen molar-refractivity contribution in [3.8, 4) is 6.07 Å². The molecule has 23 heavy (non-hydrogen) atoms. The van der Waals surface area contributed by atoms with Gasteiger partial charge in [0.2, 0.25) is 0 Å². The lowest BCUT2D eigenvalue weighted by Crippen LogP contribution is -2.48. The molecule has 0 aromatic heterocycles. The Labute approximate surface area is 138 Å². The van der Waals surface area contributed by atoms with Gasteiger partial charge in [0.05, 0.1) is 0 Å². The molecule has 0 saturated heterocycles. The molecule has 0 bridgehead atoms. The van der Waals surface area contributed by atoms with Crippen LogP contribution in [0.2, 0.25) is 0 Å². The predicted molar refractivity (Wildman–Crippen MR) is 94.2 cm³/mol. The molecule has 1 heterocycles. The molecule has 1 aromatic carbocycles. The third-order valence-corrected chi connectivity index (χ3v) is 4.63. The number of rotatable bonds is 3. The van der Waals surface area contributed by atoms with E-state index in [4.69, 9.17) is 5.26 Å². The number of nitriles is 1. The van der Waals surface area contributed by atoms with E-state index in [0.29, 0.717) is 5.92 Å². The number of benzene rings is 1. The van der Waals surface area contributed by atoms with Crippen LogP contribution in [0.4, 0.5) is 5.69 Å². The van der Waals surface area contributed by atoms with Gasteiger partial charge in [0.15, 0.2) is 0 Å². The van der Waals surface area contributed by atoms with E-state index in [1.54, 1.807) is 6.08 Å². The summed E-state index contributed by atoms with van der Waals surface area (Å²) in [5.41, 5.74) is 3.70. The molecule has 122 valence electrons. The fourth-order valence-corrected chi connectivity index (χ4v) is 3.65. The minimum absolute atomic E-state index is 0.128. The summed E-state index contributed by atoms with van der Waals surface area (Å²) in [5.74, 6) is 0.0938. The van der Waals surface area contributed by atoms with Gasteiger partial charge in [0.1, 0.15) is 11.6 Å². The Morgan fingerprint density at radius 2 is 2.22 bits per heavy atom. The van der Waals surface area contributed by atoms with Crippen LogP contribution in [0.15, 0.2) is 23.8 Å². The normalized spacial score (nSPS) is 19.7. The van der Waals surface area contributed by atoms with Gasteiger partial charge in [-0.2, -0.15) is 5.26 Å². The van der Waals surface area contributed by atoms with Crippen molar-refractivity contribution in [1.29, 1.82) is 5.26 Å². The highest BCUT2D eigenvalue weighted by Gasteiger charge is 2.35. The van der Waals surface area contributed by atoms with Crippen LogP contribution in [0, 0.1) is 11.3 Å². The highest BCUT2D eigenvalue weighted by Crippen LogP contribution is 2.43. The summed E-state index contributed by atoms with van der Waals surface area (Å²) < 4.78 is 0. The van der Waals surface area contributed by atoms with Gasteiger partial charge < -0.3 is 10.2 Å². The van der Waals surface area contributed by atoms with Gasteiger partial charge in [-0.1, -0.05) is 13.0 Å². The number of fused-ring (bicyclic) bond motifs is 1. The van der Waals surface area contributed by atoms with Crippen LogP contribution >= 0.6 is 0 Å². The number of amides is 1. The minimum atomic E-state index is -0.352. The van der Waals surface area contributed by atoms with Gasteiger partial charge in [-0.15, -0.1) is 0 Å². The third-order valence-electron chi connectivity index (χ3n) is 4.63. The van der Waals surface area contributed by atoms with Gasteiger partial charge in [0.25, 0.3) is 5.91 Å². The number of anilines is 1. The average Bonchev–Trinajstić information content (AvgIpc) is 2.51. The van der Waals surface area contributed by atoms with E-state index in [1.165, 1.54) is 18.3 Å². The SMILES string of the molecule is CCN1c2ccc(/C=C(\C#N)C(=O)NC)cc2C(C)CC1(C)C. The molecular formula is C19H25N3O. The number of nitrogens with one attached hydrogen (secondary N) is 1. The molecule has 1 amide bonds. The monoisotopic (exact) mass is 311 g/mol. The van der Waals surface area contributed by atoms with Crippen molar-refractivity contribution in [3.63, 3.8) is 0 Å². The first-order valence-electron chi connectivity index (χ1n) is 8.09. The van der Waals surface area contributed by atoms with Crippen LogP contribution in [-0.4, -0.2) is 25.0 Å². The number of hydrogen-bond acceptors (Lipinski definition) is 3. The molecule has 1 unspecified atom stereocenters. The molecule has 0 fully saturated rings. The lowest BCUT2D eigenvalue weighted by atomic mass is 9.79.